The number of benzene rings is 2. The highest BCUT2D eigenvalue weighted by Gasteiger charge is 2.16. The Kier molecular flexibility index (Phi) is 6.40. The van der Waals surface area contributed by atoms with Gasteiger partial charge in [0.15, 0.2) is 5.65 Å². The monoisotopic (exact) mass is 418 g/mol. The van der Waals surface area contributed by atoms with Gasteiger partial charge >= 0.3 is 0 Å². The Balaban J connectivity index is 1.52. The van der Waals surface area contributed by atoms with E-state index in [1.165, 1.54) is 11.6 Å². The number of aromatic nitrogens is 4. The first kappa shape index (κ1) is 20.8. The number of nitrogens with one attached hydrogen (secondary N) is 2. The van der Waals surface area contributed by atoms with Crippen LogP contribution < -0.4 is 10.6 Å². The van der Waals surface area contributed by atoms with Crippen LogP contribution in [-0.4, -0.2) is 26.1 Å². The maximum Gasteiger partial charge on any atom is 0.224 e. The van der Waals surface area contributed by atoms with E-state index in [4.69, 9.17) is 4.98 Å². The third-order valence-electron chi connectivity index (χ3n) is 4.92. The number of nitrogens with zero attached hydrogens (tertiary/aromatic N) is 4. The van der Waals surface area contributed by atoms with Gasteiger partial charge < -0.3 is 10.6 Å². The third kappa shape index (κ3) is 5.17. The Morgan fingerprint density at radius 1 is 1.00 bits per heavy atom. The van der Waals surface area contributed by atoms with Crippen molar-refractivity contribution in [3.63, 3.8) is 0 Å². The second kappa shape index (κ2) is 9.55. The van der Waals surface area contributed by atoms with E-state index < -0.39 is 0 Å². The van der Waals surface area contributed by atoms with Crippen LogP contribution >= 0.6 is 0 Å². The number of rotatable bonds is 9. The molecule has 0 fully saturated rings. The van der Waals surface area contributed by atoms with Crippen molar-refractivity contribution in [1.82, 2.24) is 19.5 Å². The fraction of sp³-hybridized carbons (Fsp3) is 0.292. The van der Waals surface area contributed by atoms with E-state index in [1.54, 1.807) is 24.4 Å². The van der Waals surface area contributed by atoms with Crippen LogP contribution in [0.3, 0.4) is 0 Å². The highest BCUT2D eigenvalue weighted by molar-refractivity contribution is 5.76. The van der Waals surface area contributed by atoms with E-state index in [2.05, 4.69) is 58.7 Å². The zero-order chi connectivity index (χ0) is 21.6. The molecule has 0 aliphatic carbocycles. The molecule has 0 radical (unpaired) electrons. The van der Waals surface area contributed by atoms with Crippen LogP contribution in [-0.2, 0) is 13.0 Å². The van der Waals surface area contributed by atoms with Gasteiger partial charge in [-0.2, -0.15) is 4.98 Å². The summed E-state index contributed by atoms with van der Waals surface area (Å²) in [6, 6.07) is 17.0. The van der Waals surface area contributed by atoms with Crippen molar-refractivity contribution in [2.45, 2.75) is 33.2 Å². The van der Waals surface area contributed by atoms with Crippen LogP contribution in [0.25, 0.3) is 11.2 Å². The van der Waals surface area contributed by atoms with E-state index in [9.17, 15) is 4.39 Å². The molecule has 0 amide bonds. The molecule has 0 bridgehead atoms. The SMILES string of the molecule is CC(C)Cn1c(Nc2ccccc2F)nc2cnc(NCCCc3ccccc3)nc21. The molecule has 0 unspecified atom stereocenters. The molecule has 160 valence electrons. The van der Waals surface area contributed by atoms with Crippen LogP contribution in [0.5, 0.6) is 0 Å². The van der Waals surface area contributed by atoms with Gasteiger partial charge in [0, 0.05) is 13.1 Å². The van der Waals surface area contributed by atoms with Gasteiger partial charge in [-0.15, -0.1) is 0 Å². The standard InChI is InChI=1S/C24H27FN6/c1-17(2)16-31-22-21(29-24(31)28-20-13-7-6-12-19(20)25)15-27-23(30-22)26-14-8-11-18-9-4-3-5-10-18/h3-7,9-10,12-13,15,17H,8,11,14,16H2,1-2H3,(H,28,29)(H,26,27,30). The fourth-order valence-electron chi connectivity index (χ4n) is 3.46. The van der Waals surface area contributed by atoms with Crippen LogP contribution in [0.4, 0.5) is 22.0 Å². The van der Waals surface area contributed by atoms with Crippen molar-refractivity contribution in [1.29, 1.82) is 0 Å². The van der Waals surface area contributed by atoms with Crippen molar-refractivity contribution in [2.24, 2.45) is 5.92 Å². The predicted octanol–water partition coefficient (Wildman–Crippen LogP) is 5.41. The van der Waals surface area contributed by atoms with Gasteiger partial charge in [-0.05, 0) is 36.5 Å². The molecule has 0 saturated heterocycles. The quantitative estimate of drug-likeness (QED) is 0.356. The lowest BCUT2D eigenvalue weighted by molar-refractivity contribution is 0.534. The van der Waals surface area contributed by atoms with Crippen molar-refractivity contribution in [3.05, 3.63) is 72.2 Å². The molecule has 4 aromatic rings. The Hall–Kier alpha value is -3.48. The van der Waals surface area contributed by atoms with Gasteiger partial charge in [-0.3, -0.25) is 4.57 Å². The Morgan fingerprint density at radius 3 is 2.55 bits per heavy atom. The maximum absolute atomic E-state index is 14.1. The summed E-state index contributed by atoms with van der Waals surface area (Å²) in [5.41, 5.74) is 3.11. The highest BCUT2D eigenvalue weighted by atomic mass is 19.1. The summed E-state index contributed by atoms with van der Waals surface area (Å²) in [6.45, 7) is 5.74. The van der Waals surface area contributed by atoms with Gasteiger partial charge in [0.1, 0.15) is 11.3 Å². The van der Waals surface area contributed by atoms with Gasteiger partial charge in [0.25, 0.3) is 0 Å². The summed E-state index contributed by atoms with van der Waals surface area (Å²) in [6.07, 6.45) is 3.69. The molecule has 6 nitrogen and oxygen atoms in total. The van der Waals surface area contributed by atoms with E-state index in [0.29, 0.717) is 35.6 Å². The van der Waals surface area contributed by atoms with Crippen LogP contribution in [0.15, 0.2) is 60.8 Å². The molecular weight excluding hydrogens is 391 g/mol. The summed E-state index contributed by atoms with van der Waals surface area (Å²) in [5.74, 6) is 1.18. The van der Waals surface area contributed by atoms with Gasteiger partial charge in [-0.1, -0.05) is 56.3 Å². The number of imidazole rings is 1. The molecule has 2 aromatic heterocycles. The van der Waals surface area contributed by atoms with Crippen molar-refractivity contribution in [2.75, 3.05) is 17.2 Å². The minimum atomic E-state index is -0.322. The average Bonchev–Trinajstić information content (AvgIpc) is 3.09. The smallest absolute Gasteiger partial charge is 0.224 e. The molecule has 0 aliphatic rings. The van der Waals surface area contributed by atoms with E-state index in [-0.39, 0.29) is 5.82 Å². The highest BCUT2D eigenvalue weighted by Crippen LogP contribution is 2.24. The first-order chi connectivity index (χ1) is 15.1. The van der Waals surface area contributed by atoms with Gasteiger partial charge in [-0.25, -0.2) is 14.4 Å². The van der Waals surface area contributed by atoms with Crippen molar-refractivity contribution in [3.8, 4) is 0 Å². The topological polar surface area (TPSA) is 67.7 Å². The van der Waals surface area contributed by atoms with E-state index in [1.807, 2.05) is 10.6 Å². The van der Waals surface area contributed by atoms with Gasteiger partial charge in [0.2, 0.25) is 11.9 Å². The molecule has 0 saturated carbocycles. The fourth-order valence-corrected chi connectivity index (χ4v) is 3.46. The average molecular weight is 419 g/mol. The summed E-state index contributed by atoms with van der Waals surface area (Å²) in [7, 11) is 0. The van der Waals surface area contributed by atoms with Crippen molar-refractivity contribution >= 4 is 28.7 Å². The largest absolute Gasteiger partial charge is 0.354 e. The molecule has 7 heteroatoms. The second-order valence-electron chi connectivity index (χ2n) is 7.96. The number of hydrogen-bond donors (Lipinski definition) is 2. The normalized spacial score (nSPS) is 11.2. The number of para-hydroxylation sites is 1. The van der Waals surface area contributed by atoms with E-state index >= 15 is 0 Å². The number of aryl methyl sites for hydroxylation is 1. The third-order valence-corrected chi connectivity index (χ3v) is 4.92. The molecule has 0 atom stereocenters. The summed E-state index contributed by atoms with van der Waals surface area (Å²) < 4.78 is 16.1. The molecule has 2 heterocycles. The first-order valence-electron chi connectivity index (χ1n) is 10.6. The zero-order valence-corrected chi connectivity index (χ0v) is 17.8. The summed E-state index contributed by atoms with van der Waals surface area (Å²) >= 11 is 0. The van der Waals surface area contributed by atoms with Crippen LogP contribution in [0, 0.1) is 11.7 Å². The Bertz CT molecular complexity index is 1140. The van der Waals surface area contributed by atoms with Crippen LogP contribution in [0.1, 0.15) is 25.8 Å². The van der Waals surface area contributed by atoms with Crippen molar-refractivity contribution < 1.29 is 4.39 Å². The molecular formula is C24H27FN6. The number of halogens is 1. The molecule has 0 aliphatic heterocycles. The minimum absolute atomic E-state index is 0.322. The zero-order valence-electron chi connectivity index (χ0n) is 17.8. The minimum Gasteiger partial charge on any atom is -0.354 e. The predicted molar refractivity (Wildman–Crippen MR) is 123 cm³/mol. The molecule has 2 aromatic carbocycles. The maximum atomic E-state index is 14.1. The number of hydrogen-bond acceptors (Lipinski definition) is 5. The molecule has 4 rings (SSSR count). The lowest BCUT2D eigenvalue weighted by Gasteiger charge is -2.13. The second-order valence-corrected chi connectivity index (χ2v) is 7.96. The molecule has 31 heavy (non-hydrogen) atoms. The molecule has 2 N–H and O–H groups in total. The molecule has 0 spiro atoms. The van der Waals surface area contributed by atoms with Gasteiger partial charge in [0.05, 0.1) is 11.9 Å². The Morgan fingerprint density at radius 2 is 1.77 bits per heavy atom. The first-order valence-corrected chi connectivity index (χ1v) is 10.6. The number of anilines is 3. The van der Waals surface area contributed by atoms with Crippen LogP contribution in [0.2, 0.25) is 0 Å². The lowest BCUT2D eigenvalue weighted by atomic mass is 10.1. The Labute approximate surface area is 181 Å². The van der Waals surface area contributed by atoms with E-state index in [0.717, 1.165) is 25.0 Å². The summed E-state index contributed by atoms with van der Waals surface area (Å²) in [4.78, 5) is 13.7. The summed E-state index contributed by atoms with van der Waals surface area (Å²) in [5, 5.41) is 6.43. The number of fused-ring (bicyclic) bond motifs is 1. The lowest BCUT2D eigenvalue weighted by Crippen LogP contribution is -2.11.